The fourth-order valence-corrected chi connectivity index (χ4v) is 3.80. The zero-order valence-corrected chi connectivity index (χ0v) is 22.2. The number of benzene rings is 3. The summed E-state index contributed by atoms with van der Waals surface area (Å²) in [5.74, 6) is 0.148. The first kappa shape index (κ1) is 27.8. The van der Waals surface area contributed by atoms with Crippen LogP contribution in [0.25, 0.3) is 0 Å². The van der Waals surface area contributed by atoms with Crippen molar-refractivity contribution in [2.24, 2.45) is 5.41 Å². The van der Waals surface area contributed by atoms with Crippen LogP contribution < -0.4 is 21.1 Å². The largest absolute Gasteiger partial charge is 0.491 e. The molecule has 0 unspecified atom stereocenters. The van der Waals surface area contributed by atoms with Crippen molar-refractivity contribution in [1.82, 2.24) is 0 Å². The molecule has 0 saturated carbocycles. The summed E-state index contributed by atoms with van der Waals surface area (Å²) in [6.07, 6.45) is 1.63. The van der Waals surface area contributed by atoms with Crippen molar-refractivity contribution in [2.75, 3.05) is 29.6 Å². The summed E-state index contributed by atoms with van der Waals surface area (Å²) in [6.45, 7) is 3.71. The van der Waals surface area contributed by atoms with E-state index in [4.69, 9.17) is 20.3 Å². The third kappa shape index (κ3) is 8.37. The molecule has 0 aromatic heterocycles. The zero-order chi connectivity index (χ0) is 26.8. The highest BCUT2D eigenvalue weighted by molar-refractivity contribution is 9.10. The van der Waals surface area contributed by atoms with E-state index in [2.05, 4.69) is 26.6 Å². The van der Waals surface area contributed by atoms with E-state index in [9.17, 15) is 9.59 Å². The summed E-state index contributed by atoms with van der Waals surface area (Å²) in [5, 5.41) is 14.6. The van der Waals surface area contributed by atoms with Gasteiger partial charge in [-0.2, -0.15) is 0 Å². The van der Waals surface area contributed by atoms with Gasteiger partial charge in [0.1, 0.15) is 18.5 Å². The lowest BCUT2D eigenvalue weighted by molar-refractivity contribution is -0.112. The van der Waals surface area contributed by atoms with E-state index in [0.717, 1.165) is 4.47 Å². The van der Waals surface area contributed by atoms with Gasteiger partial charge in [0.05, 0.1) is 18.0 Å². The Balaban J connectivity index is 1.84. The molecule has 2 amide bonds. The van der Waals surface area contributed by atoms with Gasteiger partial charge in [0.25, 0.3) is 0 Å². The Labute approximate surface area is 224 Å². The SMILES string of the molecule is CC(C)(/C=C/C(=O)Nc1ccccc1N)[C@@H](OC(=O)Nc1ccc(Br)cc1)c1cccc(OCCO)c1. The smallest absolute Gasteiger partial charge is 0.412 e. The van der Waals surface area contributed by atoms with Gasteiger partial charge in [-0.25, -0.2) is 4.79 Å². The molecule has 0 saturated heterocycles. The van der Waals surface area contributed by atoms with E-state index in [1.54, 1.807) is 72.8 Å². The third-order valence-corrected chi connectivity index (χ3v) is 5.92. The van der Waals surface area contributed by atoms with Gasteiger partial charge in [-0.3, -0.25) is 10.1 Å². The molecule has 0 aliphatic carbocycles. The van der Waals surface area contributed by atoms with Crippen molar-refractivity contribution in [3.05, 3.63) is 95.0 Å². The number of rotatable bonds is 10. The number of hydrogen-bond donors (Lipinski definition) is 4. The van der Waals surface area contributed by atoms with Gasteiger partial charge in [0, 0.05) is 15.6 Å². The fourth-order valence-electron chi connectivity index (χ4n) is 3.53. The minimum Gasteiger partial charge on any atom is -0.491 e. The molecule has 3 aromatic carbocycles. The molecule has 0 spiro atoms. The van der Waals surface area contributed by atoms with Gasteiger partial charge in [-0.15, -0.1) is 0 Å². The highest BCUT2D eigenvalue weighted by Gasteiger charge is 2.33. The number of nitrogens with one attached hydrogen (secondary N) is 2. The summed E-state index contributed by atoms with van der Waals surface area (Å²) in [5.41, 5.74) is 7.29. The Morgan fingerprint density at radius 3 is 2.49 bits per heavy atom. The zero-order valence-electron chi connectivity index (χ0n) is 20.6. The minimum atomic E-state index is -0.813. The topological polar surface area (TPSA) is 123 Å². The van der Waals surface area contributed by atoms with Crippen molar-refractivity contribution in [3.63, 3.8) is 0 Å². The number of aliphatic hydroxyl groups is 1. The number of carbonyl (C=O) groups is 2. The van der Waals surface area contributed by atoms with Crippen LogP contribution in [0, 0.1) is 5.41 Å². The molecule has 0 aliphatic heterocycles. The lowest BCUT2D eigenvalue weighted by atomic mass is 9.82. The molecular weight excluding hydrogens is 538 g/mol. The van der Waals surface area contributed by atoms with Gasteiger partial charge in [-0.05, 0) is 60.2 Å². The molecule has 0 fully saturated rings. The predicted octanol–water partition coefficient (Wildman–Crippen LogP) is 5.91. The molecule has 8 nitrogen and oxygen atoms in total. The maximum absolute atomic E-state index is 12.9. The molecule has 0 radical (unpaired) electrons. The fraction of sp³-hybridized carbons (Fsp3) is 0.214. The number of halogens is 1. The average Bonchev–Trinajstić information content (AvgIpc) is 2.88. The van der Waals surface area contributed by atoms with Crippen LogP contribution in [-0.4, -0.2) is 30.3 Å². The van der Waals surface area contributed by atoms with Crippen LogP contribution in [0.2, 0.25) is 0 Å². The second-order valence-electron chi connectivity index (χ2n) is 8.79. The monoisotopic (exact) mass is 567 g/mol. The van der Waals surface area contributed by atoms with Gasteiger partial charge < -0.3 is 25.6 Å². The van der Waals surface area contributed by atoms with Crippen LogP contribution in [0.3, 0.4) is 0 Å². The van der Waals surface area contributed by atoms with Crippen molar-refractivity contribution in [1.29, 1.82) is 0 Å². The van der Waals surface area contributed by atoms with Crippen LogP contribution in [0.1, 0.15) is 25.5 Å². The molecule has 194 valence electrons. The minimum absolute atomic E-state index is 0.130. The number of aliphatic hydroxyl groups excluding tert-OH is 1. The molecule has 5 N–H and O–H groups in total. The number of para-hydroxylation sites is 2. The Bertz CT molecular complexity index is 1240. The van der Waals surface area contributed by atoms with Crippen LogP contribution >= 0.6 is 15.9 Å². The van der Waals surface area contributed by atoms with Crippen LogP contribution in [-0.2, 0) is 9.53 Å². The highest BCUT2D eigenvalue weighted by atomic mass is 79.9. The second-order valence-corrected chi connectivity index (χ2v) is 9.71. The van der Waals surface area contributed by atoms with E-state index in [0.29, 0.717) is 28.4 Å². The number of ether oxygens (including phenoxy) is 2. The second kappa shape index (κ2) is 12.9. The summed E-state index contributed by atoms with van der Waals surface area (Å²) in [4.78, 5) is 25.5. The average molecular weight is 568 g/mol. The maximum Gasteiger partial charge on any atom is 0.412 e. The number of carbonyl (C=O) groups excluding carboxylic acids is 2. The van der Waals surface area contributed by atoms with Crippen LogP contribution in [0.5, 0.6) is 5.75 Å². The molecule has 0 aliphatic rings. The summed E-state index contributed by atoms with van der Waals surface area (Å²) < 4.78 is 12.3. The lowest BCUT2D eigenvalue weighted by Gasteiger charge is -2.32. The van der Waals surface area contributed by atoms with Gasteiger partial charge >= 0.3 is 6.09 Å². The molecule has 3 aromatic rings. The first-order valence-electron chi connectivity index (χ1n) is 11.6. The number of hydrogen-bond acceptors (Lipinski definition) is 6. The normalized spacial score (nSPS) is 12.1. The van der Waals surface area contributed by atoms with E-state index in [-0.39, 0.29) is 19.1 Å². The number of anilines is 3. The predicted molar refractivity (Wildman–Crippen MR) is 148 cm³/mol. The van der Waals surface area contributed by atoms with Crippen molar-refractivity contribution < 1.29 is 24.2 Å². The molecular formula is C28H30BrN3O5. The Morgan fingerprint density at radius 2 is 1.78 bits per heavy atom. The molecule has 9 heteroatoms. The van der Waals surface area contributed by atoms with E-state index in [1.807, 2.05) is 19.9 Å². The first-order valence-corrected chi connectivity index (χ1v) is 12.4. The lowest BCUT2D eigenvalue weighted by Crippen LogP contribution is -2.28. The molecule has 37 heavy (non-hydrogen) atoms. The van der Waals surface area contributed by atoms with E-state index < -0.39 is 17.6 Å². The highest BCUT2D eigenvalue weighted by Crippen LogP contribution is 2.39. The molecule has 3 rings (SSSR count). The van der Waals surface area contributed by atoms with E-state index in [1.165, 1.54) is 6.08 Å². The van der Waals surface area contributed by atoms with Crippen molar-refractivity contribution in [3.8, 4) is 5.75 Å². The van der Waals surface area contributed by atoms with Crippen molar-refractivity contribution in [2.45, 2.75) is 20.0 Å². The summed E-state index contributed by atoms with van der Waals surface area (Å²) >= 11 is 3.37. The van der Waals surface area contributed by atoms with Crippen LogP contribution in [0.15, 0.2) is 89.4 Å². The van der Waals surface area contributed by atoms with Gasteiger partial charge in [0.15, 0.2) is 0 Å². The number of amides is 2. The third-order valence-electron chi connectivity index (χ3n) is 5.40. The molecule has 0 heterocycles. The van der Waals surface area contributed by atoms with E-state index >= 15 is 0 Å². The Kier molecular flexibility index (Phi) is 9.71. The quantitative estimate of drug-likeness (QED) is 0.178. The van der Waals surface area contributed by atoms with Gasteiger partial charge in [-0.1, -0.05) is 60.1 Å². The summed E-state index contributed by atoms with van der Waals surface area (Å²) in [6, 6.07) is 21.1. The summed E-state index contributed by atoms with van der Waals surface area (Å²) in [7, 11) is 0. The van der Waals surface area contributed by atoms with Gasteiger partial charge in [0.2, 0.25) is 5.91 Å². The standard InChI is InChI=1S/C28H30BrN3O5/c1-28(2,15-14-25(34)32-24-9-4-3-8-23(24)30)26(19-6-5-7-22(18-19)36-17-16-33)37-27(35)31-21-12-10-20(29)11-13-21/h3-15,18,26,33H,16-17,30H2,1-2H3,(H,31,35)(H,32,34)/b15-14+/t26-/m0/s1. The molecule has 1 atom stereocenters. The number of nitrogen functional groups attached to an aromatic ring is 1. The maximum atomic E-state index is 12.9. The van der Waals surface area contributed by atoms with Crippen LogP contribution in [0.4, 0.5) is 21.9 Å². The first-order chi connectivity index (χ1) is 17.7. The Morgan fingerprint density at radius 1 is 1.05 bits per heavy atom. The van der Waals surface area contributed by atoms with Crippen molar-refractivity contribution >= 4 is 45.0 Å². The Hall–Kier alpha value is -3.82. The number of nitrogens with two attached hydrogens (primary N) is 1. The molecule has 0 bridgehead atoms.